The molecule has 7 heteroatoms. The van der Waals surface area contributed by atoms with Crippen LogP contribution in [0.3, 0.4) is 0 Å². The third-order valence-electron chi connectivity index (χ3n) is 5.53. The molecule has 2 aromatic carbocycles. The zero-order chi connectivity index (χ0) is 21.0. The van der Waals surface area contributed by atoms with Gasteiger partial charge in [-0.15, -0.1) is 0 Å². The van der Waals surface area contributed by atoms with Crippen LogP contribution in [0, 0.1) is 11.7 Å². The number of amides is 1. The summed E-state index contributed by atoms with van der Waals surface area (Å²) in [4.78, 5) is 12.4. The third-order valence-corrected chi connectivity index (χ3v) is 7.02. The van der Waals surface area contributed by atoms with Crippen molar-refractivity contribution in [1.29, 1.82) is 0 Å². The van der Waals surface area contributed by atoms with E-state index in [1.165, 1.54) is 6.07 Å². The first-order valence-corrected chi connectivity index (χ1v) is 11.5. The zero-order valence-electron chi connectivity index (χ0n) is 16.7. The highest BCUT2D eigenvalue weighted by Gasteiger charge is 2.27. The molecule has 0 heterocycles. The maximum atomic E-state index is 14.3. The molecule has 3 rings (SSSR count). The number of nitrogens with one attached hydrogen (secondary N) is 2. The van der Waals surface area contributed by atoms with Gasteiger partial charge in [-0.2, -0.15) is 0 Å². The van der Waals surface area contributed by atoms with E-state index in [0.717, 1.165) is 49.8 Å². The average molecular weight is 419 g/mol. The summed E-state index contributed by atoms with van der Waals surface area (Å²) in [6.45, 7) is 4.05. The summed E-state index contributed by atoms with van der Waals surface area (Å²) < 4.78 is 42.6. The van der Waals surface area contributed by atoms with Gasteiger partial charge in [-0.05, 0) is 61.1 Å². The van der Waals surface area contributed by atoms with Crippen LogP contribution in [0.15, 0.2) is 47.4 Å². The molecule has 5 nitrogen and oxygen atoms in total. The topological polar surface area (TPSA) is 75.3 Å². The highest BCUT2D eigenvalue weighted by atomic mass is 32.2. The van der Waals surface area contributed by atoms with E-state index in [1.807, 2.05) is 26.0 Å². The SMILES string of the molecule is CCc1ccc(NC(=O)c2cc(S(=O)(=O)N[C@@H]3CCCC[C@@H]3C)ccc2F)cc1. The number of aryl methyl sites for hydroxylation is 1. The molecule has 156 valence electrons. The highest BCUT2D eigenvalue weighted by Crippen LogP contribution is 2.26. The Morgan fingerprint density at radius 2 is 1.79 bits per heavy atom. The van der Waals surface area contributed by atoms with Gasteiger partial charge in [-0.25, -0.2) is 17.5 Å². The average Bonchev–Trinajstić information content (AvgIpc) is 2.70. The molecule has 0 unspecified atom stereocenters. The molecule has 2 atom stereocenters. The number of sulfonamides is 1. The summed E-state index contributed by atoms with van der Waals surface area (Å²) in [5.74, 6) is -1.21. The number of carbonyl (C=O) groups is 1. The van der Waals surface area contributed by atoms with Crippen molar-refractivity contribution in [2.45, 2.75) is 56.9 Å². The molecule has 0 aromatic heterocycles. The molecule has 0 radical (unpaired) electrons. The Kier molecular flexibility index (Phi) is 6.70. The first kappa shape index (κ1) is 21.5. The quantitative estimate of drug-likeness (QED) is 0.725. The summed E-state index contributed by atoms with van der Waals surface area (Å²) in [5, 5.41) is 2.62. The van der Waals surface area contributed by atoms with Gasteiger partial charge in [-0.1, -0.05) is 38.8 Å². The standard InChI is InChI=1S/C22H27FN2O3S/c1-3-16-8-10-17(11-9-16)24-22(26)19-14-18(12-13-20(19)23)29(27,28)25-21-7-5-4-6-15(21)2/h8-15,21,25H,3-7H2,1-2H3,(H,24,26)/t15-,21+/m0/s1. The Hall–Kier alpha value is -2.25. The van der Waals surface area contributed by atoms with Crippen LogP contribution in [0.25, 0.3) is 0 Å². The fourth-order valence-electron chi connectivity index (χ4n) is 3.63. The lowest BCUT2D eigenvalue weighted by Gasteiger charge is -2.29. The van der Waals surface area contributed by atoms with Crippen molar-refractivity contribution in [3.63, 3.8) is 0 Å². The van der Waals surface area contributed by atoms with Crippen molar-refractivity contribution in [3.8, 4) is 0 Å². The van der Waals surface area contributed by atoms with E-state index in [1.54, 1.807) is 12.1 Å². The van der Waals surface area contributed by atoms with E-state index < -0.39 is 21.7 Å². The Morgan fingerprint density at radius 3 is 2.45 bits per heavy atom. The summed E-state index contributed by atoms with van der Waals surface area (Å²) in [7, 11) is -3.84. The molecule has 1 fully saturated rings. The van der Waals surface area contributed by atoms with Crippen LogP contribution in [0.4, 0.5) is 10.1 Å². The first-order valence-electron chi connectivity index (χ1n) is 10.0. The van der Waals surface area contributed by atoms with Crippen LogP contribution < -0.4 is 10.0 Å². The second-order valence-electron chi connectivity index (χ2n) is 7.64. The van der Waals surface area contributed by atoms with E-state index in [9.17, 15) is 17.6 Å². The van der Waals surface area contributed by atoms with Gasteiger partial charge in [0.05, 0.1) is 10.5 Å². The minimum absolute atomic E-state index is 0.108. The van der Waals surface area contributed by atoms with Gasteiger partial charge in [0.25, 0.3) is 5.91 Å². The Labute approximate surface area is 171 Å². The van der Waals surface area contributed by atoms with Crippen LogP contribution >= 0.6 is 0 Å². The molecule has 0 saturated heterocycles. The Bertz CT molecular complexity index is 974. The number of carbonyl (C=O) groups excluding carboxylic acids is 1. The lowest BCUT2D eigenvalue weighted by atomic mass is 9.87. The van der Waals surface area contributed by atoms with Crippen LogP contribution in [0.5, 0.6) is 0 Å². The van der Waals surface area contributed by atoms with Crippen molar-refractivity contribution < 1.29 is 17.6 Å². The van der Waals surface area contributed by atoms with Crippen LogP contribution in [0.2, 0.25) is 0 Å². The maximum absolute atomic E-state index is 14.3. The summed E-state index contributed by atoms with van der Waals surface area (Å²) in [5.41, 5.74) is 1.34. The fourth-order valence-corrected chi connectivity index (χ4v) is 5.03. The molecule has 2 aromatic rings. The maximum Gasteiger partial charge on any atom is 0.258 e. The minimum Gasteiger partial charge on any atom is -0.322 e. The monoisotopic (exact) mass is 418 g/mol. The lowest BCUT2D eigenvalue weighted by molar-refractivity contribution is 0.102. The molecular formula is C22H27FN2O3S. The number of rotatable bonds is 6. The molecule has 0 aliphatic heterocycles. The van der Waals surface area contributed by atoms with Crippen molar-refractivity contribution in [1.82, 2.24) is 4.72 Å². The van der Waals surface area contributed by atoms with Crippen LogP contribution in [0.1, 0.15) is 55.5 Å². The number of benzene rings is 2. The second-order valence-corrected chi connectivity index (χ2v) is 9.35. The van der Waals surface area contributed by atoms with Gasteiger partial charge >= 0.3 is 0 Å². The Morgan fingerprint density at radius 1 is 1.10 bits per heavy atom. The van der Waals surface area contributed by atoms with Crippen molar-refractivity contribution in [2.24, 2.45) is 5.92 Å². The molecule has 2 N–H and O–H groups in total. The van der Waals surface area contributed by atoms with Gasteiger partial charge in [0.1, 0.15) is 5.82 Å². The van der Waals surface area contributed by atoms with Gasteiger partial charge < -0.3 is 5.32 Å². The molecule has 1 saturated carbocycles. The smallest absolute Gasteiger partial charge is 0.258 e. The summed E-state index contributed by atoms with van der Waals surface area (Å²) >= 11 is 0. The molecular weight excluding hydrogens is 391 g/mol. The lowest BCUT2D eigenvalue weighted by Crippen LogP contribution is -2.41. The second kappa shape index (κ2) is 9.05. The largest absolute Gasteiger partial charge is 0.322 e. The summed E-state index contributed by atoms with van der Waals surface area (Å²) in [6.07, 6.45) is 4.70. The summed E-state index contributed by atoms with van der Waals surface area (Å²) in [6, 6.07) is 10.4. The molecule has 1 amide bonds. The zero-order valence-corrected chi connectivity index (χ0v) is 17.6. The third kappa shape index (κ3) is 5.22. The van der Waals surface area contributed by atoms with Crippen molar-refractivity contribution >= 4 is 21.6 Å². The molecule has 0 bridgehead atoms. The van der Waals surface area contributed by atoms with Crippen molar-refractivity contribution in [3.05, 3.63) is 59.4 Å². The number of halogens is 1. The van der Waals surface area contributed by atoms with E-state index in [0.29, 0.717) is 5.69 Å². The number of hydrogen-bond donors (Lipinski definition) is 2. The van der Waals surface area contributed by atoms with Crippen molar-refractivity contribution in [2.75, 3.05) is 5.32 Å². The predicted octanol–water partition coefficient (Wildman–Crippen LogP) is 4.50. The minimum atomic E-state index is -3.84. The molecule has 1 aliphatic rings. The van der Waals surface area contributed by atoms with Crippen LogP contribution in [-0.2, 0) is 16.4 Å². The number of hydrogen-bond acceptors (Lipinski definition) is 3. The normalized spacial score (nSPS) is 19.7. The highest BCUT2D eigenvalue weighted by molar-refractivity contribution is 7.89. The predicted molar refractivity (Wildman–Crippen MR) is 112 cm³/mol. The van der Waals surface area contributed by atoms with Crippen LogP contribution in [-0.4, -0.2) is 20.4 Å². The molecule has 0 spiro atoms. The van der Waals surface area contributed by atoms with E-state index >= 15 is 0 Å². The molecule has 1 aliphatic carbocycles. The fraction of sp³-hybridized carbons (Fsp3) is 0.409. The van der Waals surface area contributed by atoms with Gasteiger partial charge in [0.15, 0.2) is 0 Å². The number of anilines is 1. The van der Waals surface area contributed by atoms with Gasteiger partial charge in [0, 0.05) is 11.7 Å². The Balaban J connectivity index is 1.79. The first-order chi connectivity index (χ1) is 13.8. The van der Waals surface area contributed by atoms with E-state index in [4.69, 9.17) is 0 Å². The molecule has 29 heavy (non-hydrogen) atoms. The van der Waals surface area contributed by atoms with E-state index in [-0.39, 0.29) is 22.4 Å². The van der Waals surface area contributed by atoms with Gasteiger partial charge in [0.2, 0.25) is 10.0 Å². The van der Waals surface area contributed by atoms with Gasteiger partial charge in [-0.3, -0.25) is 4.79 Å². The van der Waals surface area contributed by atoms with E-state index in [2.05, 4.69) is 10.0 Å².